The Labute approximate surface area is 169 Å². The van der Waals surface area contributed by atoms with Crippen molar-refractivity contribution in [3.05, 3.63) is 71.3 Å². The monoisotopic (exact) mass is 388 g/mol. The van der Waals surface area contributed by atoms with Crippen LogP contribution in [0.1, 0.15) is 16.7 Å². The van der Waals surface area contributed by atoms with E-state index in [0.29, 0.717) is 18.7 Å². The minimum absolute atomic E-state index is 0.0316. The van der Waals surface area contributed by atoms with Gasteiger partial charge in [-0.2, -0.15) is 4.52 Å². The lowest BCUT2D eigenvalue weighted by Crippen LogP contribution is -2.40. The van der Waals surface area contributed by atoms with Gasteiger partial charge in [0.05, 0.1) is 12.1 Å². The third kappa shape index (κ3) is 3.76. The zero-order valence-corrected chi connectivity index (χ0v) is 16.9. The number of para-hydroxylation sites is 1. The second kappa shape index (κ2) is 7.87. The van der Waals surface area contributed by atoms with Gasteiger partial charge < -0.3 is 9.80 Å². The zero-order chi connectivity index (χ0) is 20.4. The first-order valence-corrected chi connectivity index (χ1v) is 9.64. The Morgan fingerprint density at radius 1 is 1.07 bits per heavy atom. The predicted molar refractivity (Wildman–Crippen MR) is 113 cm³/mol. The molecular formula is C22H24N6O. The number of pyridine rings is 1. The number of hydrogen-bond acceptors (Lipinski definition) is 4. The average Bonchev–Trinajstić information content (AvgIpc) is 3.21. The van der Waals surface area contributed by atoms with Crippen LogP contribution in [-0.2, 0) is 13.0 Å². The largest absolute Gasteiger partial charge is 0.331 e. The van der Waals surface area contributed by atoms with E-state index in [-0.39, 0.29) is 6.03 Å². The van der Waals surface area contributed by atoms with Gasteiger partial charge in [-0.1, -0.05) is 48.5 Å². The molecule has 4 aromatic rings. The van der Waals surface area contributed by atoms with Crippen molar-refractivity contribution in [2.45, 2.75) is 19.9 Å². The van der Waals surface area contributed by atoms with Gasteiger partial charge >= 0.3 is 6.03 Å². The number of carbonyl (C=O) groups excluding carboxylic acids is 1. The van der Waals surface area contributed by atoms with E-state index in [4.69, 9.17) is 0 Å². The van der Waals surface area contributed by atoms with Crippen LogP contribution in [0.4, 0.5) is 4.79 Å². The van der Waals surface area contributed by atoms with Gasteiger partial charge in [0.25, 0.3) is 0 Å². The molecule has 0 saturated heterocycles. The van der Waals surface area contributed by atoms with Crippen LogP contribution in [0.25, 0.3) is 16.6 Å². The minimum Gasteiger partial charge on any atom is -0.331 e. The topological polar surface area (TPSA) is 66.6 Å². The Hall–Kier alpha value is -3.48. The van der Waals surface area contributed by atoms with E-state index in [1.165, 1.54) is 5.56 Å². The van der Waals surface area contributed by atoms with Gasteiger partial charge in [-0.15, -0.1) is 5.10 Å². The highest BCUT2D eigenvalue weighted by atomic mass is 16.2. The highest BCUT2D eigenvalue weighted by Gasteiger charge is 2.19. The molecule has 7 nitrogen and oxygen atoms in total. The molecule has 0 radical (unpaired) electrons. The van der Waals surface area contributed by atoms with Gasteiger partial charge in [-0.05, 0) is 41.0 Å². The highest BCUT2D eigenvalue weighted by molar-refractivity contribution is 5.86. The fourth-order valence-corrected chi connectivity index (χ4v) is 3.63. The molecular weight excluding hydrogens is 364 g/mol. The number of fused-ring (bicyclic) bond motifs is 3. The number of hydrogen-bond donors (Lipinski definition) is 0. The number of tetrazole rings is 1. The maximum atomic E-state index is 12.9. The van der Waals surface area contributed by atoms with E-state index in [2.05, 4.69) is 39.8 Å². The Morgan fingerprint density at radius 2 is 1.86 bits per heavy atom. The Balaban J connectivity index is 1.70. The number of aryl methyl sites for hydroxylation is 1. The summed E-state index contributed by atoms with van der Waals surface area (Å²) >= 11 is 0. The molecule has 2 amide bonds. The van der Waals surface area contributed by atoms with E-state index < -0.39 is 0 Å². The summed E-state index contributed by atoms with van der Waals surface area (Å²) in [5.74, 6) is 0. The summed E-state index contributed by atoms with van der Waals surface area (Å²) in [6, 6.07) is 18.4. The molecule has 2 aromatic carbocycles. The van der Waals surface area contributed by atoms with Crippen LogP contribution in [0.15, 0.2) is 54.6 Å². The molecule has 4 rings (SSSR count). The van der Waals surface area contributed by atoms with Crippen LogP contribution in [0.2, 0.25) is 0 Å². The van der Waals surface area contributed by atoms with Crippen molar-refractivity contribution in [3.8, 4) is 0 Å². The molecule has 0 bridgehead atoms. The molecule has 0 N–H and O–H groups in total. The van der Waals surface area contributed by atoms with Crippen LogP contribution in [-0.4, -0.2) is 56.5 Å². The molecule has 0 atom stereocenters. The second-order valence-corrected chi connectivity index (χ2v) is 7.43. The normalized spacial score (nSPS) is 11.1. The third-order valence-corrected chi connectivity index (χ3v) is 5.09. The van der Waals surface area contributed by atoms with Gasteiger partial charge in [0.2, 0.25) is 0 Å². The quantitative estimate of drug-likeness (QED) is 0.526. The minimum atomic E-state index is -0.0316. The molecule has 0 aliphatic heterocycles. The van der Waals surface area contributed by atoms with E-state index in [1.54, 1.807) is 23.5 Å². The number of rotatable bonds is 5. The van der Waals surface area contributed by atoms with Gasteiger partial charge in [0.15, 0.2) is 5.65 Å². The van der Waals surface area contributed by atoms with E-state index >= 15 is 0 Å². The standard InChI is InChI=1S/C22H24N6O/c1-16-8-7-11-18-14-19(21-23-24-25-28(21)20(16)18)15-27(22(29)26(2)3)13-12-17-9-5-4-6-10-17/h4-11,14H,12-13,15H2,1-3H3. The lowest BCUT2D eigenvalue weighted by Gasteiger charge is -2.26. The van der Waals surface area contributed by atoms with Crippen molar-refractivity contribution in [3.63, 3.8) is 0 Å². The van der Waals surface area contributed by atoms with Gasteiger partial charge in [0, 0.05) is 31.6 Å². The first-order chi connectivity index (χ1) is 14.0. The summed E-state index contributed by atoms with van der Waals surface area (Å²) < 4.78 is 1.77. The first kappa shape index (κ1) is 18.9. The number of nitrogens with zero attached hydrogens (tertiary/aromatic N) is 6. The van der Waals surface area contributed by atoms with Crippen LogP contribution in [0, 0.1) is 6.92 Å². The predicted octanol–water partition coefficient (Wildman–Crippen LogP) is 3.31. The van der Waals surface area contributed by atoms with Crippen molar-refractivity contribution in [1.29, 1.82) is 0 Å². The Kier molecular flexibility index (Phi) is 5.12. The molecule has 0 aliphatic rings. The van der Waals surface area contributed by atoms with Crippen molar-refractivity contribution < 1.29 is 4.79 Å². The smallest absolute Gasteiger partial charge is 0.319 e. The van der Waals surface area contributed by atoms with Crippen molar-refractivity contribution in [1.82, 2.24) is 29.8 Å². The molecule has 0 fully saturated rings. The van der Waals surface area contributed by atoms with Crippen molar-refractivity contribution in [2.75, 3.05) is 20.6 Å². The number of amides is 2. The van der Waals surface area contributed by atoms with E-state index in [0.717, 1.165) is 28.5 Å². The Bertz CT molecular complexity index is 1150. The summed E-state index contributed by atoms with van der Waals surface area (Å²) in [5.41, 5.74) is 4.91. The number of aromatic nitrogens is 4. The van der Waals surface area contributed by atoms with E-state index in [1.807, 2.05) is 42.2 Å². The number of carbonyl (C=O) groups is 1. The number of benzene rings is 2. The lowest BCUT2D eigenvalue weighted by molar-refractivity contribution is 0.169. The molecule has 0 saturated carbocycles. The first-order valence-electron chi connectivity index (χ1n) is 9.64. The third-order valence-electron chi connectivity index (χ3n) is 5.09. The summed E-state index contributed by atoms with van der Waals surface area (Å²) in [5, 5.41) is 13.4. The summed E-state index contributed by atoms with van der Waals surface area (Å²) in [6.07, 6.45) is 0.786. The molecule has 2 heterocycles. The fourth-order valence-electron chi connectivity index (χ4n) is 3.63. The average molecular weight is 388 g/mol. The van der Waals surface area contributed by atoms with Gasteiger partial charge in [0.1, 0.15) is 0 Å². The van der Waals surface area contributed by atoms with Crippen LogP contribution < -0.4 is 0 Å². The zero-order valence-electron chi connectivity index (χ0n) is 16.9. The maximum Gasteiger partial charge on any atom is 0.319 e. The molecule has 2 aromatic heterocycles. The van der Waals surface area contributed by atoms with Crippen LogP contribution in [0.3, 0.4) is 0 Å². The van der Waals surface area contributed by atoms with E-state index in [9.17, 15) is 4.79 Å². The molecule has 0 aliphatic carbocycles. The lowest BCUT2D eigenvalue weighted by atomic mass is 10.1. The van der Waals surface area contributed by atoms with Crippen LogP contribution in [0.5, 0.6) is 0 Å². The van der Waals surface area contributed by atoms with Crippen molar-refractivity contribution >= 4 is 22.6 Å². The van der Waals surface area contributed by atoms with Gasteiger partial charge in [-0.3, -0.25) is 0 Å². The molecule has 0 unspecified atom stereocenters. The summed E-state index contributed by atoms with van der Waals surface area (Å²) in [7, 11) is 3.55. The molecule has 148 valence electrons. The highest BCUT2D eigenvalue weighted by Crippen LogP contribution is 2.23. The Morgan fingerprint density at radius 3 is 2.62 bits per heavy atom. The molecule has 29 heavy (non-hydrogen) atoms. The fraction of sp³-hybridized carbons (Fsp3) is 0.273. The SMILES string of the molecule is Cc1cccc2cc(CN(CCc3ccccc3)C(=O)N(C)C)c3nnnn3c12. The molecule has 0 spiro atoms. The summed E-state index contributed by atoms with van der Waals surface area (Å²) in [6.45, 7) is 3.10. The van der Waals surface area contributed by atoms with Crippen molar-refractivity contribution in [2.24, 2.45) is 0 Å². The van der Waals surface area contributed by atoms with Crippen LogP contribution >= 0.6 is 0 Å². The maximum absolute atomic E-state index is 12.9. The summed E-state index contributed by atoms with van der Waals surface area (Å²) in [4.78, 5) is 16.3. The molecule has 7 heteroatoms. The second-order valence-electron chi connectivity index (χ2n) is 7.43. The van der Waals surface area contributed by atoms with Gasteiger partial charge in [-0.25, -0.2) is 4.79 Å². The number of urea groups is 1.